The molecule has 2 heteroatoms. The fraction of sp³-hybridized carbons (Fsp3) is 0.381. The molecule has 1 atom stereocenters. The van der Waals surface area contributed by atoms with Crippen molar-refractivity contribution >= 4 is 5.91 Å². The van der Waals surface area contributed by atoms with E-state index in [-0.39, 0.29) is 11.9 Å². The Morgan fingerprint density at radius 3 is 2.48 bits per heavy atom. The van der Waals surface area contributed by atoms with E-state index in [2.05, 4.69) is 36.1 Å². The van der Waals surface area contributed by atoms with Crippen molar-refractivity contribution in [3.8, 4) is 0 Å². The maximum atomic E-state index is 12.9. The Morgan fingerprint density at radius 2 is 1.78 bits per heavy atom. The van der Waals surface area contributed by atoms with E-state index in [1.807, 2.05) is 30.3 Å². The fourth-order valence-corrected chi connectivity index (χ4v) is 3.46. The number of hydrogen-bond donors (Lipinski definition) is 0. The minimum absolute atomic E-state index is 0.160. The zero-order valence-corrected chi connectivity index (χ0v) is 13.9. The van der Waals surface area contributed by atoms with Gasteiger partial charge in [-0.05, 0) is 48.9 Å². The lowest BCUT2D eigenvalue weighted by atomic mass is 9.93. The van der Waals surface area contributed by atoms with E-state index in [0.717, 1.165) is 31.4 Å². The highest BCUT2D eigenvalue weighted by Crippen LogP contribution is 2.32. The Hall–Kier alpha value is -2.09. The number of carbonyl (C=O) groups excluding carboxylic acids is 1. The highest BCUT2D eigenvalue weighted by molar-refractivity contribution is 5.94. The minimum atomic E-state index is 0.160. The van der Waals surface area contributed by atoms with Crippen LogP contribution >= 0.6 is 0 Å². The molecule has 2 aromatic carbocycles. The number of piperidine rings is 1. The van der Waals surface area contributed by atoms with E-state index in [4.69, 9.17) is 0 Å². The molecule has 1 unspecified atom stereocenters. The van der Waals surface area contributed by atoms with Crippen LogP contribution in [0.4, 0.5) is 0 Å². The Kier molecular flexibility index (Phi) is 5.12. The van der Waals surface area contributed by atoms with E-state index < -0.39 is 0 Å². The molecular formula is C21H25NO. The molecule has 1 saturated heterocycles. The summed E-state index contributed by atoms with van der Waals surface area (Å²) in [5.41, 5.74) is 3.45. The summed E-state index contributed by atoms with van der Waals surface area (Å²) in [6.45, 7) is 3.06. The summed E-state index contributed by atoms with van der Waals surface area (Å²) >= 11 is 0. The zero-order valence-electron chi connectivity index (χ0n) is 13.9. The normalized spacial score (nSPS) is 18.0. The average molecular weight is 307 g/mol. The number of benzene rings is 2. The van der Waals surface area contributed by atoms with Gasteiger partial charge >= 0.3 is 0 Å². The van der Waals surface area contributed by atoms with E-state index >= 15 is 0 Å². The maximum absolute atomic E-state index is 12.9. The number of rotatable bonds is 4. The highest BCUT2D eigenvalue weighted by Gasteiger charge is 2.28. The minimum Gasteiger partial charge on any atom is -0.332 e. The molecule has 1 amide bonds. The number of amides is 1. The van der Waals surface area contributed by atoms with Crippen LogP contribution in [0.1, 0.15) is 60.1 Å². The van der Waals surface area contributed by atoms with Gasteiger partial charge in [-0.15, -0.1) is 0 Å². The predicted molar refractivity (Wildman–Crippen MR) is 94.5 cm³/mol. The first-order valence-electron chi connectivity index (χ1n) is 8.74. The second-order valence-electron chi connectivity index (χ2n) is 6.37. The van der Waals surface area contributed by atoms with E-state index in [0.29, 0.717) is 0 Å². The summed E-state index contributed by atoms with van der Waals surface area (Å²) < 4.78 is 0. The summed E-state index contributed by atoms with van der Waals surface area (Å²) in [6, 6.07) is 18.7. The van der Waals surface area contributed by atoms with Crippen LogP contribution in [0.2, 0.25) is 0 Å². The van der Waals surface area contributed by atoms with Crippen LogP contribution in [0.5, 0.6) is 0 Å². The largest absolute Gasteiger partial charge is 0.332 e. The molecule has 0 radical (unpaired) electrons. The summed E-state index contributed by atoms with van der Waals surface area (Å²) in [5, 5.41) is 0. The van der Waals surface area contributed by atoms with Crippen LogP contribution in [0.3, 0.4) is 0 Å². The summed E-state index contributed by atoms with van der Waals surface area (Å²) in [5.74, 6) is 0.160. The van der Waals surface area contributed by atoms with Gasteiger partial charge in [0.1, 0.15) is 0 Å². The molecular weight excluding hydrogens is 282 g/mol. The lowest BCUT2D eigenvalue weighted by Crippen LogP contribution is -2.38. The second kappa shape index (κ2) is 7.45. The van der Waals surface area contributed by atoms with Gasteiger partial charge in [0.15, 0.2) is 0 Å². The molecule has 23 heavy (non-hydrogen) atoms. The standard InChI is InChI=1S/C21H25NO/c1-2-8-17-12-14-18(15-13-17)20-11-6-7-16-22(20)21(23)19-9-4-3-5-10-19/h3-5,9-10,12-15,20H,2,6-8,11,16H2,1H3. The van der Waals surface area contributed by atoms with Crippen molar-refractivity contribution in [1.29, 1.82) is 0 Å². The maximum Gasteiger partial charge on any atom is 0.254 e. The van der Waals surface area contributed by atoms with Gasteiger partial charge < -0.3 is 4.90 Å². The third-order valence-corrected chi connectivity index (χ3v) is 4.69. The zero-order chi connectivity index (χ0) is 16.1. The first-order chi connectivity index (χ1) is 11.3. The van der Waals surface area contributed by atoms with E-state index in [1.54, 1.807) is 0 Å². The summed E-state index contributed by atoms with van der Waals surface area (Å²) in [4.78, 5) is 14.9. The number of likely N-dealkylation sites (tertiary alicyclic amines) is 1. The second-order valence-corrected chi connectivity index (χ2v) is 6.37. The third kappa shape index (κ3) is 3.64. The van der Waals surface area contributed by atoms with Crippen LogP contribution in [-0.4, -0.2) is 17.4 Å². The highest BCUT2D eigenvalue weighted by atomic mass is 16.2. The first-order valence-corrected chi connectivity index (χ1v) is 8.74. The van der Waals surface area contributed by atoms with Crippen molar-refractivity contribution in [1.82, 2.24) is 4.90 Å². The monoisotopic (exact) mass is 307 g/mol. The lowest BCUT2D eigenvalue weighted by molar-refractivity contribution is 0.0611. The van der Waals surface area contributed by atoms with Crippen molar-refractivity contribution in [2.75, 3.05) is 6.54 Å². The third-order valence-electron chi connectivity index (χ3n) is 4.69. The molecule has 1 aliphatic rings. The predicted octanol–water partition coefficient (Wildman–Crippen LogP) is 5.01. The molecule has 2 aromatic rings. The van der Waals surface area contributed by atoms with Crippen molar-refractivity contribution in [2.24, 2.45) is 0 Å². The van der Waals surface area contributed by atoms with Crippen molar-refractivity contribution in [2.45, 2.75) is 45.1 Å². The van der Waals surface area contributed by atoms with Gasteiger partial charge in [0, 0.05) is 12.1 Å². The van der Waals surface area contributed by atoms with E-state index in [9.17, 15) is 4.79 Å². The molecule has 1 heterocycles. The van der Waals surface area contributed by atoms with Gasteiger partial charge in [-0.2, -0.15) is 0 Å². The van der Waals surface area contributed by atoms with Gasteiger partial charge in [0.25, 0.3) is 5.91 Å². The van der Waals surface area contributed by atoms with Crippen molar-refractivity contribution in [3.63, 3.8) is 0 Å². The van der Waals surface area contributed by atoms with Gasteiger partial charge in [0.05, 0.1) is 6.04 Å². The SMILES string of the molecule is CCCc1ccc(C2CCCCN2C(=O)c2ccccc2)cc1. The molecule has 0 spiro atoms. The van der Waals surface area contributed by atoms with Crippen molar-refractivity contribution < 1.29 is 4.79 Å². The van der Waals surface area contributed by atoms with Crippen LogP contribution < -0.4 is 0 Å². The number of hydrogen-bond acceptors (Lipinski definition) is 1. The molecule has 1 aliphatic heterocycles. The van der Waals surface area contributed by atoms with Crippen molar-refractivity contribution in [3.05, 3.63) is 71.3 Å². The Labute approximate surface area is 139 Å². The topological polar surface area (TPSA) is 20.3 Å². The summed E-state index contributed by atoms with van der Waals surface area (Å²) in [7, 11) is 0. The van der Waals surface area contributed by atoms with Crippen LogP contribution in [0.25, 0.3) is 0 Å². The van der Waals surface area contributed by atoms with Crippen LogP contribution in [0.15, 0.2) is 54.6 Å². The number of nitrogens with zero attached hydrogens (tertiary/aromatic N) is 1. The average Bonchev–Trinajstić information content (AvgIpc) is 2.63. The molecule has 0 N–H and O–H groups in total. The van der Waals surface area contributed by atoms with Gasteiger partial charge in [-0.3, -0.25) is 4.79 Å². The molecule has 3 rings (SSSR count). The molecule has 0 aromatic heterocycles. The van der Waals surface area contributed by atoms with Crippen LogP contribution in [-0.2, 0) is 6.42 Å². The van der Waals surface area contributed by atoms with Crippen LogP contribution in [0, 0.1) is 0 Å². The molecule has 120 valence electrons. The molecule has 2 nitrogen and oxygen atoms in total. The Morgan fingerprint density at radius 1 is 1.04 bits per heavy atom. The summed E-state index contributed by atoms with van der Waals surface area (Å²) in [6.07, 6.45) is 5.65. The van der Waals surface area contributed by atoms with Gasteiger partial charge in [-0.1, -0.05) is 55.8 Å². The molecule has 0 saturated carbocycles. The first kappa shape index (κ1) is 15.8. The molecule has 1 fully saturated rings. The van der Waals surface area contributed by atoms with Gasteiger partial charge in [-0.25, -0.2) is 0 Å². The Bertz CT molecular complexity index is 633. The molecule has 0 aliphatic carbocycles. The smallest absolute Gasteiger partial charge is 0.254 e. The number of aryl methyl sites for hydroxylation is 1. The number of carbonyl (C=O) groups is 1. The van der Waals surface area contributed by atoms with Gasteiger partial charge in [0.2, 0.25) is 0 Å². The fourth-order valence-electron chi connectivity index (χ4n) is 3.46. The Balaban J connectivity index is 1.82. The van der Waals surface area contributed by atoms with E-state index in [1.165, 1.54) is 24.0 Å². The lowest BCUT2D eigenvalue weighted by Gasteiger charge is -2.36. The molecule has 0 bridgehead atoms. The quantitative estimate of drug-likeness (QED) is 0.778.